The summed E-state index contributed by atoms with van der Waals surface area (Å²) in [6, 6.07) is 12.5. The third-order valence-corrected chi connectivity index (χ3v) is 8.10. The molecule has 0 aliphatic carbocycles. The average molecular weight is 439 g/mol. The molecule has 1 amide bonds. The van der Waals surface area contributed by atoms with Crippen molar-refractivity contribution in [2.45, 2.75) is 17.7 Å². The van der Waals surface area contributed by atoms with E-state index in [1.807, 2.05) is 0 Å². The lowest BCUT2D eigenvalue weighted by Crippen LogP contribution is -2.37. The summed E-state index contributed by atoms with van der Waals surface area (Å²) in [6.07, 6.45) is 0.103. The standard InChI is InChI=1S/C19H16ClFN2O3S2/c20-13-6-4-12(5-7-13)8-18(24)22-19-23(15-3-1-2-14(21)9-15)16-10-28(25,26)11-17(16)27-19/h1-7,9,16-17H,8,10-11H2/t16-,17+/m1/s1. The lowest BCUT2D eigenvalue weighted by atomic mass is 10.1. The molecule has 5 nitrogen and oxygen atoms in total. The predicted octanol–water partition coefficient (Wildman–Crippen LogP) is 3.32. The van der Waals surface area contributed by atoms with Crippen LogP contribution < -0.4 is 4.90 Å². The van der Waals surface area contributed by atoms with E-state index in [1.54, 1.807) is 41.3 Å². The quantitative estimate of drug-likeness (QED) is 0.735. The van der Waals surface area contributed by atoms with E-state index in [4.69, 9.17) is 11.6 Å². The van der Waals surface area contributed by atoms with E-state index in [0.717, 1.165) is 5.56 Å². The Bertz CT molecular complexity index is 1060. The van der Waals surface area contributed by atoms with Crippen LogP contribution in [0.25, 0.3) is 0 Å². The van der Waals surface area contributed by atoms with Gasteiger partial charge in [-0.2, -0.15) is 4.99 Å². The summed E-state index contributed by atoms with van der Waals surface area (Å²) in [5.41, 5.74) is 1.27. The normalized spacial score (nSPS) is 24.5. The van der Waals surface area contributed by atoms with E-state index >= 15 is 0 Å². The minimum Gasteiger partial charge on any atom is -0.315 e. The Morgan fingerprint density at radius 1 is 1.21 bits per heavy atom. The molecule has 0 saturated carbocycles. The molecule has 2 saturated heterocycles. The zero-order chi connectivity index (χ0) is 19.9. The van der Waals surface area contributed by atoms with Gasteiger partial charge in [0.15, 0.2) is 15.0 Å². The third kappa shape index (κ3) is 4.09. The first-order valence-electron chi connectivity index (χ1n) is 8.58. The maximum absolute atomic E-state index is 13.8. The highest BCUT2D eigenvalue weighted by Gasteiger charge is 2.49. The van der Waals surface area contributed by atoms with E-state index in [-0.39, 0.29) is 35.1 Å². The number of amides is 1. The van der Waals surface area contributed by atoms with Crippen molar-refractivity contribution in [3.8, 4) is 0 Å². The number of hydrogen-bond acceptors (Lipinski definition) is 4. The number of aliphatic imine (C=N–C) groups is 1. The van der Waals surface area contributed by atoms with E-state index in [2.05, 4.69) is 4.99 Å². The molecule has 9 heteroatoms. The van der Waals surface area contributed by atoms with E-state index in [0.29, 0.717) is 15.9 Å². The van der Waals surface area contributed by atoms with Gasteiger partial charge in [-0.3, -0.25) is 4.79 Å². The molecule has 0 unspecified atom stereocenters. The summed E-state index contributed by atoms with van der Waals surface area (Å²) in [4.78, 5) is 18.4. The van der Waals surface area contributed by atoms with Crippen LogP contribution in [-0.2, 0) is 21.1 Å². The van der Waals surface area contributed by atoms with Gasteiger partial charge in [-0.15, -0.1) is 0 Å². The second kappa shape index (κ2) is 7.50. The molecule has 2 aromatic carbocycles. The van der Waals surface area contributed by atoms with Crippen LogP contribution in [-0.4, -0.2) is 42.3 Å². The highest BCUT2D eigenvalue weighted by molar-refractivity contribution is 8.16. The fraction of sp³-hybridized carbons (Fsp3) is 0.263. The lowest BCUT2D eigenvalue weighted by molar-refractivity contribution is -0.117. The van der Waals surface area contributed by atoms with Crippen LogP contribution in [0.5, 0.6) is 0 Å². The van der Waals surface area contributed by atoms with E-state index in [1.165, 1.54) is 23.9 Å². The van der Waals surface area contributed by atoms with Crippen molar-refractivity contribution in [1.82, 2.24) is 0 Å². The van der Waals surface area contributed by atoms with Crippen molar-refractivity contribution >= 4 is 50.0 Å². The number of hydrogen-bond donors (Lipinski definition) is 0. The molecule has 28 heavy (non-hydrogen) atoms. The molecule has 0 N–H and O–H groups in total. The highest BCUT2D eigenvalue weighted by Crippen LogP contribution is 2.41. The Balaban J connectivity index is 1.63. The summed E-state index contributed by atoms with van der Waals surface area (Å²) >= 11 is 7.13. The number of fused-ring (bicyclic) bond motifs is 1. The first-order valence-corrected chi connectivity index (χ1v) is 11.7. The van der Waals surface area contributed by atoms with Crippen LogP contribution in [0.15, 0.2) is 53.5 Å². The zero-order valence-corrected chi connectivity index (χ0v) is 17.0. The largest absolute Gasteiger partial charge is 0.315 e. The molecule has 2 aliphatic rings. The van der Waals surface area contributed by atoms with Gasteiger partial charge in [-0.05, 0) is 35.9 Å². The van der Waals surface area contributed by atoms with Gasteiger partial charge in [0.2, 0.25) is 0 Å². The number of sulfone groups is 1. The molecular weight excluding hydrogens is 423 g/mol. The maximum atomic E-state index is 13.8. The number of halogens is 2. The summed E-state index contributed by atoms with van der Waals surface area (Å²) in [5.74, 6) is -0.794. The Kier molecular flexibility index (Phi) is 5.20. The fourth-order valence-corrected chi connectivity index (χ4v) is 7.47. The molecule has 2 fully saturated rings. The molecule has 0 bridgehead atoms. The van der Waals surface area contributed by atoms with Crippen molar-refractivity contribution in [3.63, 3.8) is 0 Å². The highest BCUT2D eigenvalue weighted by atomic mass is 35.5. The third-order valence-electron chi connectivity index (χ3n) is 4.64. The van der Waals surface area contributed by atoms with Gasteiger partial charge in [-0.1, -0.05) is 41.6 Å². The number of anilines is 1. The number of rotatable bonds is 3. The van der Waals surface area contributed by atoms with Crippen LogP contribution in [0.3, 0.4) is 0 Å². The minimum absolute atomic E-state index is 0.0263. The molecule has 0 spiro atoms. The van der Waals surface area contributed by atoms with E-state index < -0.39 is 15.7 Å². The number of thioether (sulfide) groups is 1. The van der Waals surface area contributed by atoms with Crippen molar-refractivity contribution in [2.24, 2.45) is 4.99 Å². The van der Waals surface area contributed by atoms with Crippen LogP contribution in [0.2, 0.25) is 5.02 Å². The topological polar surface area (TPSA) is 66.8 Å². The number of benzene rings is 2. The van der Waals surface area contributed by atoms with Gasteiger partial charge < -0.3 is 4.90 Å². The second-order valence-corrected chi connectivity index (χ2v) is 10.5. The van der Waals surface area contributed by atoms with Gasteiger partial charge in [0.25, 0.3) is 5.91 Å². The molecule has 0 aromatic heterocycles. The van der Waals surface area contributed by atoms with Crippen molar-refractivity contribution in [1.29, 1.82) is 0 Å². The van der Waals surface area contributed by atoms with E-state index in [9.17, 15) is 17.6 Å². The molecule has 146 valence electrons. The molecule has 4 rings (SSSR count). The van der Waals surface area contributed by atoms with Gasteiger partial charge in [0.05, 0.1) is 24.0 Å². The Hall–Kier alpha value is -1.90. The summed E-state index contributed by atoms with van der Waals surface area (Å²) in [7, 11) is -3.17. The van der Waals surface area contributed by atoms with Crippen LogP contribution in [0.1, 0.15) is 5.56 Å². The molecule has 2 aliphatic heterocycles. The van der Waals surface area contributed by atoms with Gasteiger partial charge in [0.1, 0.15) is 5.82 Å². The zero-order valence-electron chi connectivity index (χ0n) is 14.6. The summed E-state index contributed by atoms with van der Waals surface area (Å²) in [6.45, 7) is 0. The second-order valence-electron chi connectivity index (χ2n) is 6.74. The lowest BCUT2D eigenvalue weighted by Gasteiger charge is -2.24. The molecule has 2 atom stereocenters. The van der Waals surface area contributed by atoms with Crippen LogP contribution >= 0.6 is 23.4 Å². The Labute approximate surface area is 171 Å². The Morgan fingerprint density at radius 2 is 1.96 bits per heavy atom. The van der Waals surface area contributed by atoms with Crippen molar-refractivity contribution in [3.05, 3.63) is 64.9 Å². The SMILES string of the molecule is O=C(Cc1ccc(Cl)cc1)N=C1S[C@H]2CS(=O)(=O)C[C@H]2N1c1cccc(F)c1. The number of nitrogens with zero attached hydrogens (tertiary/aromatic N) is 2. The molecular formula is C19H16ClFN2O3S2. The first-order chi connectivity index (χ1) is 13.3. The maximum Gasteiger partial charge on any atom is 0.252 e. The van der Waals surface area contributed by atoms with Gasteiger partial charge in [0, 0.05) is 16.0 Å². The monoisotopic (exact) mass is 438 g/mol. The first kappa shape index (κ1) is 19.4. The fourth-order valence-electron chi connectivity index (χ4n) is 3.42. The predicted molar refractivity (Wildman–Crippen MR) is 110 cm³/mol. The number of carbonyl (C=O) groups is 1. The molecule has 2 heterocycles. The smallest absolute Gasteiger partial charge is 0.252 e. The Morgan fingerprint density at radius 3 is 2.68 bits per heavy atom. The van der Waals surface area contributed by atoms with Gasteiger partial charge in [-0.25, -0.2) is 12.8 Å². The van der Waals surface area contributed by atoms with Crippen molar-refractivity contribution in [2.75, 3.05) is 16.4 Å². The average Bonchev–Trinajstić information content (AvgIpc) is 3.07. The number of carbonyl (C=O) groups excluding carboxylic acids is 1. The van der Waals surface area contributed by atoms with Gasteiger partial charge >= 0.3 is 0 Å². The summed E-state index contributed by atoms with van der Waals surface area (Å²) < 4.78 is 37.9. The molecule has 2 aromatic rings. The molecule has 0 radical (unpaired) electrons. The minimum atomic E-state index is -3.17. The summed E-state index contributed by atoms with van der Waals surface area (Å²) in [5, 5.41) is 0.769. The van der Waals surface area contributed by atoms with Crippen molar-refractivity contribution < 1.29 is 17.6 Å². The van der Waals surface area contributed by atoms with Crippen LogP contribution in [0, 0.1) is 5.82 Å². The number of amidine groups is 1. The van der Waals surface area contributed by atoms with Crippen LogP contribution in [0.4, 0.5) is 10.1 Å².